The molecular formula is C20H26N6O2. The fraction of sp³-hybridized carbons (Fsp3) is 0.500. The first-order valence-corrected chi connectivity index (χ1v) is 9.83. The van der Waals surface area contributed by atoms with Gasteiger partial charge in [-0.15, -0.1) is 0 Å². The summed E-state index contributed by atoms with van der Waals surface area (Å²) in [5.74, 6) is 1.34. The molecule has 1 atom stereocenters. The SMILES string of the molecule is CC1CCN(C(=O)c2ccc(NC3CCN(c4cnn(C)c4)C3=O)nc2)CC1. The van der Waals surface area contributed by atoms with Crippen LogP contribution in [-0.4, -0.2) is 57.2 Å². The van der Waals surface area contributed by atoms with Gasteiger partial charge in [-0.05, 0) is 37.3 Å². The van der Waals surface area contributed by atoms with E-state index in [0.717, 1.165) is 31.6 Å². The molecule has 0 radical (unpaired) electrons. The van der Waals surface area contributed by atoms with E-state index in [1.807, 2.05) is 18.1 Å². The third-order valence-electron chi connectivity index (χ3n) is 5.61. The number of aryl methyl sites for hydroxylation is 1. The van der Waals surface area contributed by atoms with Gasteiger partial charge < -0.3 is 15.1 Å². The van der Waals surface area contributed by atoms with Crippen molar-refractivity contribution in [3.05, 3.63) is 36.3 Å². The maximum atomic E-state index is 12.7. The lowest BCUT2D eigenvalue weighted by atomic mass is 9.99. The van der Waals surface area contributed by atoms with Gasteiger partial charge in [0.1, 0.15) is 11.9 Å². The van der Waals surface area contributed by atoms with Crippen molar-refractivity contribution in [3.63, 3.8) is 0 Å². The van der Waals surface area contributed by atoms with Crippen molar-refractivity contribution in [2.24, 2.45) is 13.0 Å². The summed E-state index contributed by atoms with van der Waals surface area (Å²) in [4.78, 5) is 33.3. The van der Waals surface area contributed by atoms with Crippen molar-refractivity contribution in [2.45, 2.75) is 32.2 Å². The Labute approximate surface area is 164 Å². The zero-order valence-corrected chi connectivity index (χ0v) is 16.3. The number of hydrogen-bond donors (Lipinski definition) is 1. The standard InChI is InChI=1S/C20H26N6O2/c1-14-5-8-25(9-6-14)19(27)15-3-4-18(21-11-15)23-17-7-10-26(20(17)28)16-12-22-24(2)13-16/h3-4,11-14,17H,5-10H2,1-2H3,(H,21,23). The van der Waals surface area contributed by atoms with Gasteiger partial charge in [0, 0.05) is 39.1 Å². The third kappa shape index (κ3) is 3.72. The molecule has 2 aliphatic heterocycles. The Balaban J connectivity index is 1.37. The Morgan fingerprint density at radius 2 is 1.93 bits per heavy atom. The Morgan fingerprint density at radius 3 is 2.57 bits per heavy atom. The van der Waals surface area contributed by atoms with Gasteiger partial charge in [0.25, 0.3) is 5.91 Å². The Hall–Kier alpha value is -2.90. The van der Waals surface area contributed by atoms with E-state index in [4.69, 9.17) is 0 Å². The third-order valence-corrected chi connectivity index (χ3v) is 5.61. The van der Waals surface area contributed by atoms with Crippen LogP contribution in [0.4, 0.5) is 11.5 Å². The first kappa shape index (κ1) is 18.5. The van der Waals surface area contributed by atoms with Gasteiger partial charge in [0.05, 0.1) is 17.4 Å². The minimum absolute atomic E-state index is 0.0115. The summed E-state index contributed by atoms with van der Waals surface area (Å²) in [6, 6.07) is 3.24. The number of hydrogen-bond acceptors (Lipinski definition) is 5. The molecule has 0 saturated carbocycles. The van der Waals surface area contributed by atoms with Gasteiger partial charge in [-0.25, -0.2) is 4.98 Å². The molecule has 4 heterocycles. The highest BCUT2D eigenvalue weighted by Gasteiger charge is 2.33. The van der Waals surface area contributed by atoms with Crippen LogP contribution in [0.5, 0.6) is 0 Å². The Bertz CT molecular complexity index is 854. The minimum Gasteiger partial charge on any atom is -0.358 e. The molecule has 148 valence electrons. The summed E-state index contributed by atoms with van der Waals surface area (Å²) < 4.78 is 1.68. The van der Waals surface area contributed by atoms with Crippen LogP contribution < -0.4 is 10.2 Å². The highest BCUT2D eigenvalue weighted by molar-refractivity contribution is 6.00. The lowest BCUT2D eigenvalue weighted by Gasteiger charge is -2.30. The summed E-state index contributed by atoms with van der Waals surface area (Å²) in [5.41, 5.74) is 1.40. The molecule has 8 heteroatoms. The van der Waals surface area contributed by atoms with Crippen LogP contribution in [0.3, 0.4) is 0 Å². The number of nitrogens with one attached hydrogen (secondary N) is 1. The highest BCUT2D eigenvalue weighted by atomic mass is 16.2. The summed E-state index contributed by atoms with van der Waals surface area (Å²) in [6.45, 7) is 4.48. The normalized spacial score (nSPS) is 20.6. The van der Waals surface area contributed by atoms with Crippen LogP contribution >= 0.6 is 0 Å². The van der Waals surface area contributed by atoms with E-state index in [2.05, 4.69) is 22.3 Å². The number of amides is 2. The topological polar surface area (TPSA) is 83.4 Å². The van der Waals surface area contributed by atoms with Crippen molar-refractivity contribution in [1.82, 2.24) is 19.7 Å². The lowest BCUT2D eigenvalue weighted by molar-refractivity contribution is -0.117. The van der Waals surface area contributed by atoms with Gasteiger partial charge >= 0.3 is 0 Å². The van der Waals surface area contributed by atoms with E-state index in [1.165, 1.54) is 0 Å². The van der Waals surface area contributed by atoms with Crippen LogP contribution in [0.15, 0.2) is 30.7 Å². The van der Waals surface area contributed by atoms with Gasteiger partial charge in [0.15, 0.2) is 0 Å². The molecule has 1 N–H and O–H groups in total. The summed E-state index contributed by atoms with van der Waals surface area (Å²) in [7, 11) is 1.83. The molecule has 0 aliphatic carbocycles. The summed E-state index contributed by atoms with van der Waals surface area (Å²) in [5, 5.41) is 7.32. The average molecular weight is 382 g/mol. The fourth-order valence-electron chi connectivity index (χ4n) is 3.80. The minimum atomic E-state index is -0.321. The maximum absolute atomic E-state index is 12.7. The second kappa shape index (κ2) is 7.61. The number of carbonyl (C=O) groups is 2. The monoisotopic (exact) mass is 382 g/mol. The van der Waals surface area contributed by atoms with Crippen LogP contribution in [0.1, 0.15) is 36.5 Å². The predicted octanol–water partition coefficient (Wildman–Crippen LogP) is 1.90. The van der Waals surface area contributed by atoms with Gasteiger partial charge in [-0.3, -0.25) is 14.3 Å². The first-order chi connectivity index (χ1) is 13.5. The van der Waals surface area contributed by atoms with Crippen LogP contribution in [0.2, 0.25) is 0 Å². The Kier molecular flexibility index (Phi) is 5.02. The number of aromatic nitrogens is 3. The molecule has 1 unspecified atom stereocenters. The predicted molar refractivity (Wildman–Crippen MR) is 106 cm³/mol. The van der Waals surface area contributed by atoms with E-state index in [9.17, 15) is 9.59 Å². The van der Waals surface area contributed by atoms with E-state index in [0.29, 0.717) is 30.3 Å². The molecule has 0 spiro atoms. The second-order valence-corrected chi connectivity index (χ2v) is 7.75. The number of pyridine rings is 1. The Morgan fingerprint density at radius 1 is 1.14 bits per heavy atom. The molecule has 2 aromatic heterocycles. The maximum Gasteiger partial charge on any atom is 0.255 e. The van der Waals surface area contributed by atoms with Crippen molar-refractivity contribution >= 4 is 23.3 Å². The average Bonchev–Trinajstić information content (AvgIpc) is 3.28. The number of likely N-dealkylation sites (tertiary alicyclic amines) is 1. The van der Waals surface area contributed by atoms with Crippen LogP contribution in [0, 0.1) is 5.92 Å². The van der Waals surface area contributed by atoms with Crippen LogP contribution in [0.25, 0.3) is 0 Å². The molecule has 2 aliphatic rings. The van der Waals surface area contributed by atoms with Crippen molar-refractivity contribution in [1.29, 1.82) is 0 Å². The zero-order valence-electron chi connectivity index (χ0n) is 16.3. The molecule has 4 rings (SSSR count). The molecule has 2 amide bonds. The van der Waals surface area contributed by atoms with Crippen molar-refractivity contribution < 1.29 is 9.59 Å². The van der Waals surface area contributed by atoms with Crippen LogP contribution in [-0.2, 0) is 11.8 Å². The molecule has 2 saturated heterocycles. The molecular weight excluding hydrogens is 356 g/mol. The number of anilines is 2. The molecule has 0 bridgehead atoms. The quantitative estimate of drug-likeness (QED) is 0.873. The van der Waals surface area contributed by atoms with E-state index < -0.39 is 0 Å². The molecule has 2 aromatic rings. The van der Waals surface area contributed by atoms with E-state index in [1.54, 1.807) is 34.1 Å². The van der Waals surface area contributed by atoms with Gasteiger partial charge in [0.2, 0.25) is 5.91 Å². The summed E-state index contributed by atoms with van der Waals surface area (Å²) >= 11 is 0. The van der Waals surface area contributed by atoms with E-state index >= 15 is 0 Å². The number of rotatable bonds is 4. The number of carbonyl (C=O) groups excluding carboxylic acids is 2. The molecule has 28 heavy (non-hydrogen) atoms. The second-order valence-electron chi connectivity index (χ2n) is 7.75. The van der Waals surface area contributed by atoms with E-state index in [-0.39, 0.29) is 17.9 Å². The first-order valence-electron chi connectivity index (χ1n) is 9.83. The largest absolute Gasteiger partial charge is 0.358 e. The lowest BCUT2D eigenvalue weighted by Crippen LogP contribution is -2.38. The highest BCUT2D eigenvalue weighted by Crippen LogP contribution is 2.23. The van der Waals surface area contributed by atoms with Crippen molar-refractivity contribution in [3.8, 4) is 0 Å². The van der Waals surface area contributed by atoms with Gasteiger partial charge in [-0.1, -0.05) is 6.92 Å². The van der Waals surface area contributed by atoms with Crippen molar-refractivity contribution in [2.75, 3.05) is 29.9 Å². The molecule has 2 fully saturated rings. The number of nitrogens with zero attached hydrogens (tertiary/aromatic N) is 5. The summed E-state index contributed by atoms with van der Waals surface area (Å²) in [6.07, 6.45) is 7.93. The number of piperidine rings is 1. The van der Waals surface area contributed by atoms with Gasteiger partial charge in [-0.2, -0.15) is 5.10 Å². The zero-order chi connectivity index (χ0) is 19.7. The molecule has 0 aromatic carbocycles. The fourth-order valence-corrected chi connectivity index (χ4v) is 3.80. The molecule has 8 nitrogen and oxygen atoms in total. The smallest absolute Gasteiger partial charge is 0.255 e.